The lowest BCUT2D eigenvalue weighted by Gasteiger charge is -2.22. The van der Waals surface area contributed by atoms with Gasteiger partial charge in [0.15, 0.2) is 0 Å². The number of hydrogen-bond donors (Lipinski definition) is 3. The van der Waals surface area contributed by atoms with Gasteiger partial charge in [-0.3, -0.25) is 4.79 Å². The number of pyridine rings is 1. The highest BCUT2D eigenvalue weighted by molar-refractivity contribution is 5.81. The Morgan fingerprint density at radius 3 is 3.00 bits per heavy atom. The molecular weight excluding hydrogens is 252 g/mol. The van der Waals surface area contributed by atoms with Crippen molar-refractivity contribution in [2.75, 3.05) is 25.0 Å². The first-order valence-electron chi connectivity index (χ1n) is 7.43. The molecule has 1 aromatic heterocycles. The van der Waals surface area contributed by atoms with Crippen LogP contribution in [0, 0.1) is 6.92 Å². The van der Waals surface area contributed by atoms with Gasteiger partial charge in [0.25, 0.3) is 0 Å². The SMILES string of the molecule is Cc1ccc(NCCCNC(=O)[C@H]2CCCCN2)nc1. The molecule has 2 rings (SSSR count). The molecule has 1 aliphatic rings. The van der Waals surface area contributed by atoms with Crippen LogP contribution in [0.5, 0.6) is 0 Å². The van der Waals surface area contributed by atoms with Crippen LogP contribution in [0.1, 0.15) is 31.2 Å². The van der Waals surface area contributed by atoms with E-state index in [-0.39, 0.29) is 11.9 Å². The van der Waals surface area contributed by atoms with Gasteiger partial charge >= 0.3 is 0 Å². The van der Waals surface area contributed by atoms with Gasteiger partial charge in [0.05, 0.1) is 6.04 Å². The highest BCUT2D eigenvalue weighted by atomic mass is 16.2. The van der Waals surface area contributed by atoms with Gasteiger partial charge in [0, 0.05) is 19.3 Å². The highest BCUT2D eigenvalue weighted by Crippen LogP contribution is 2.06. The van der Waals surface area contributed by atoms with Gasteiger partial charge in [-0.15, -0.1) is 0 Å². The number of carbonyl (C=O) groups excluding carboxylic acids is 1. The Morgan fingerprint density at radius 2 is 2.30 bits per heavy atom. The van der Waals surface area contributed by atoms with Gasteiger partial charge in [0.1, 0.15) is 5.82 Å². The van der Waals surface area contributed by atoms with E-state index in [0.717, 1.165) is 43.7 Å². The number of amides is 1. The molecule has 0 spiro atoms. The largest absolute Gasteiger partial charge is 0.370 e. The zero-order valence-corrected chi connectivity index (χ0v) is 12.1. The third-order valence-electron chi connectivity index (χ3n) is 3.50. The number of rotatable bonds is 6. The van der Waals surface area contributed by atoms with Crippen LogP contribution in [0.3, 0.4) is 0 Å². The van der Waals surface area contributed by atoms with E-state index in [1.165, 1.54) is 6.42 Å². The van der Waals surface area contributed by atoms with E-state index >= 15 is 0 Å². The van der Waals surface area contributed by atoms with E-state index in [4.69, 9.17) is 0 Å². The van der Waals surface area contributed by atoms with Crippen molar-refractivity contribution in [3.8, 4) is 0 Å². The van der Waals surface area contributed by atoms with Crippen molar-refractivity contribution in [3.63, 3.8) is 0 Å². The molecule has 0 radical (unpaired) electrons. The van der Waals surface area contributed by atoms with Crippen molar-refractivity contribution >= 4 is 11.7 Å². The molecule has 1 aromatic rings. The molecule has 3 N–H and O–H groups in total. The maximum absolute atomic E-state index is 11.9. The Kier molecular flexibility index (Phi) is 5.80. The number of carbonyl (C=O) groups is 1. The normalized spacial score (nSPS) is 18.6. The lowest BCUT2D eigenvalue weighted by atomic mass is 10.0. The second-order valence-corrected chi connectivity index (χ2v) is 5.29. The minimum Gasteiger partial charge on any atom is -0.370 e. The van der Waals surface area contributed by atoms with Gasteiger partial charge in [-0.2, -0.15) is 0 Å². The zero-order chi connectivity index (χ0) is 14.2. The Bertz CT molecular complexity index is 412. The number of hydrogen-bond acceptors (Lipinski definition) is 4. The van der Waals surface area contributed by atoms with Gasteiger partial charge < -0.3 is 16.0 Å². The Morgan fingerprint density at radius 1 is 1.40 bits per heavy atom. The minimum atomic E-state index is 0.00970. The second kappa shape index (κ2) is 7.85. The predicted octanol–water partition coefficient (Wildman–Crippen LogP) is 1.45. The molecule has 2 heterocycles. The first-order valence-corrected chi connectivity index (χ1v) is 7.43. The van der Waals surface area contributed by atoms with E-state index < -0.39 is 0 Å². The molecule has 20 heavy (non-hydrogen) atoms. The van der Waals surface area contributed by atoms with Crippen LogP contribution in [0.4, 0.5) is 5.82 Å². The summed E-state index contributed by atoms with van der Waals surface area (Å²) in [4.78, 5) is 16.1. The highest BCUT2D eigenvalue weighted by Gasteiger charge is 2.19. The summed E-state index contributed by atoms with van der Waals surface area (Å²) in [6.45, 7) is 4.49. The smallest absolute Gasteiger partial charge is 0.237 e. The van der Waals surface area contributed by atoms with Crippen LogP contribution in [0.25, 0.3) is 0 Å². The predicted molar refractivity (Wildman–Crippen MR) is 80.7 cm³/mol. The van der Waals surface area contributed by atoms with E-state index in [9.17, 15) is 4.79 Å². The van der Waals surface area contributed by atoms with Crippen molar-refractivity contribution < 1.29 is 4.79 Å². The fourth-order valence-corrected chi connectivity index (χ4v) is 2.29. The summed E-state index contributed by atoms with van der Waals surface area (Å²) in [7, 11) is 0. The van der Waals surface area contributed by atoms with Crippen molar-refractivity contribution in [1.82, 2.24) is 15.6 Å². The molecule has 0 unspecified atom stereocenters. The number of nitrogens with zero attached hydrogens (tertiary/aromatic N) is 1. The number of aryl methyl sites for hydroxylation is 1. The molecule has 0 saturated carbocycles. The average Bonchev–Trinajstić information content (AvgIpc) is 2.49. The fourth-order valence-electron chi connectivity index (χ4n) is 2.29. The standard InChI is InChI=1S/C15H24N4O/c1-12-6-7-14(19-11-12)17-9-4-10-18-15(20)13-5-2-3-8-16-13/h6-7,11,13,16H,2-5,8-10H2,1H3,(H,17,19)(H,18,20)/t13-/m1/s1. The van der Waals surface area contributed by atoms with Crippen molar-refractivity contribution in [1.29, 1.82) is 0 Å². The Labute approximate surface area is 120 Å². The first-order chi connectivity index (χ1) is 9.75. The molecule has 110 valence electrons. The molecule has 1 fully saturated rings. The van der Waals surface area contributed by atoms with Crippen molar-refractivity contribution in [3.05, 3.63) is 23.9 Å². The summed E-state index contributed by atoms with van der Waals surface area (Å²) in [5, 5.41) is 9.49. The number of piperidine rings is 1. The van der Waals surface area contributed by atoms with Crippen molar-refractivity contribution in [2.45, 2.75) is 38.6 Å². The van der Waals surface area contributed by atoms with Gasteiger partial charge in [-0.05, 0) is 44.4 Å². The van der Waals surface area contributed by atoms with Gasteiger partial charge in [0.2, 0.25) is 5.91 Å². The second-order valence-electron chi connectivity index (χ2n) is 5.29. The Hall–Kier alpha value is -1.62. The summed E-state index contributed by atoms with van der Waals surface area (Å²) < 4.78 is 0. The van der Waals surface area contributed by atoms with E-state index in [1.54, 1.807) is 0 Å². The minimum absolute atomic E-state index is 0.00970. The Balaban J connectivity index is 1.57. The summed E-state index contributed by atoms with van der Waals surface area (Å²) in [5.41, 5.74) is 1.16. The van der Waals surface area contributed by atoms with Crippen LogP contribution in [-0.4, -0.2) is 36.6 Å². The molecule has 0 aromatic carbocycles. The zero-order valence-electron chi connectivity index (χ0n) is 12.1. The maximum atomic E-state index is 11.9. The summed E-state index contributed by atoms with van der Waals surface area (Å²) in [5.74, 6) is 1.02. The number of nitrogens with one attached hydrogen (secondary N) is 3. The number of anilines is 1. The van der Waals surface area contributed by atoms with Gasteiger partial charge in [-0.1, -0.05) is 12.5 Å². The van der Waals surface area contributed by atoms with Crippen LogP contribution >= 0.6 is 0 Å². The fraction of sp³-hybridized carbons (Fsp3) is 0.600. The monoisotopic (exact) mass is 276 g/mol. The van der Waals surface area contributed by atoms with E-state index in [2.05, 4.69) is 20.9 Å². The summed E-state index contributed by atoms with van der Waals surface area (Å²) in [6.07, 6.45) is 6.02. The quantitative estimate of drug-likeness (QED) is 0.688. The molecule has 1 amide bonds. The van der Waals surface area contributed by atoms with E-state index in [1.807, 2.05) is 25.3 Å². The molecule has 5 nitrogen and oxygen atoms in total. The molecular formula is C15H24N4O. The van der Waals surface area contributed by atoms with Crippen LogP contribution < -0.4 is 16.0 Å². The van der Waals surface area contributed by atoms with Crippen molar-refractivity contribution in [2.24, 2.45) is 0 Å². The summed E-state index contributed by atoms with van der Waals surface area (Å²) in [6, 6.07) is 4.02. The molecule has 1 atom stereocenters. The average molecular weight is 276 g/mol. The molecule has 5 heteroatoms. The van der Waals surface area contributed by atoms with E-state index in [0.29, 0.717) is 6.54 Å². The third kappa shape index (κ3) is 4.81. The summed E-state index contributed by atoms with van der Waals surface area (Å²) >= 11 is 0. The van der Waals surface area contributed by atoms with Gasteiger partial charge in [-0.25, -0.2) is 4.98 Å². The lowest BCUT2D eigenvalue weighted by Crippen LogP contribution is -2.46. The molecule has 1 aliphatic heterocycles. The molecule has 0 aliphatic carbocycles. The van der Waals surface area contributed by atoms with Crippen LogP contribution in [0.15, 0.2) is 18.3 Å². The van der Waals surface area contributed by atoms with Crippen LogP contribution in [0.2, 0.25) is 0 Å². The molecule has 1 saturated heterocycles. The molecule has 0 bridgehead atoms. The third-order valence-corrected chi connectivity index (χ3v) is 3.50. The maximum Gasteiger partial charge on any atom is 0.237 e. The first kappa shape index (κ1) is 14.8. The lowest BCUT2D eigenvalue weighted by molar-refractivity contribution is -0.123. The van der Waals surface area contributed by atoms with Crippen LogP contribution in [-0.2, 0) is 4.79 Å². The topological polar surface area (TPSA) is 66.0 Å². The number of aromatic nitrogens is 1.